The highest BCUT2D eigenvalue weighted by atomic mass is 19.4. The van der Waals surface area contributed by atoms with Gasteiger partial charge in [0.1, 0.15) is 11.5 Å². The fourth-order valence-corrected chi connectivity index (χ4v) is 4.58. The molecule has 38 heavy (non-hydrogen) atoms. The van der Waals surface area contributed by atoms with E-state index in [0.29, 0.717) is 28.5 Å². The first-order valence-electron chi connectivity index (χ1n) is 12.4. The Kier molecular flexibility index (Phi) is 7.33. The van der Waals surface area contributed by atoms with Gasteiger partial charge in [0.2, 0.25) is 5.95 Å². The van der Waals surface area contributed by atoms with Crippen LogP contribution in [0.25, 0.3) is 22.5 Å². The monoisotopic (exact) mass is 522 g/mol. The molecule has 0 radical (unpaired) electrons. The van der Waals surface area contributed by atoms with Gasteiger partial charge in [-0.05, 0) is 74.8 Å². The molecule has 2 N–H and O–H groups in total. The Hall–Kier alpha value is -3.92. The predicted octanol–water partition coefficient (Wildman–Crippen LogP) is 6.40. The standard InChI is InChI=1S/C28H26F4N6/c1-17(18-5-7-22(29)8-6-18)35-27-34-14-11-24(36-27)23-16-25(19-9-12-33-13-10-19)37-38-26(23)20-3-2-4-21(15-20)28(30,31)32/h2-8,11,14-17,19,33H,9-10,12-13H2,1H3,(H,34,35,36). The fraction of sp³-hybridized carbons (Fsp3) is 0.286. The summed E-state index contributed by atoms with van der Waals surface area (Å²) >= 11 is 0. The van der Waals surface area contributed by atoms with Gasteiger partial charge in [-0.3, -0.25) is 0 Å². The molecule has 0 spiro atoms. The summed E-state index contributed by atoms with van der Waals surface area (Å²) < 4.78 is 53.7. The molecule has 0 amide bonds. The summed E-state index contributed by atoms with van der Waals surface area (Å²) in [5.41, 5.74) is 2.56. The number of hydrogen-bond acceptors (Lipinski definition) is 6. The Morgan fingerprint density at radius 2 is 1.74 bits per heavy atom. The van der Waals surface area contributed by atoms with E-state index in [1.807, 2.05) is 13.0 Å². The normalized spacial score (nSPS) is 15.3. The second-order valence-corrected chi connectivity index (χ2v) is 9.32. The number of anilines is 1. The smallest absolute Gasteiger partial charge is 0.348 e. The van der Waals surface area contributed by atoms with Crippen molar-refractivity contribution >= 4 is 5.95 Å². The van der Waals surface area contributed by atoms with Crippen molar-refractivity contribution in [2.24, 2.45) is 0 Å². The molecule has 6 nitrogen and oxygen atoms in total. The molecule has 5 rings (SSSR count). The third kappa shape index (κ3) is 5.80. The lowest BCUT2D eigenvalue weighted by molar-refractivity contribution is -0.137. The molecule has 2 aromatic carbocycles. The minimum atomic E-state index is -4.48. The topological polar surface area (TPSA) is 75.6 Å². The maximum atomic E-state index is 13.5. The molecule has 0 aliphatic carbocycles. The Morgan fingerprint density at radius 3 is 2.47 bits per heavy atom. The van der Waals surface area contributed by atoms with Crippen molar-refractivity contribution in [1.29, 1.82) is 0 Å². The summed E-state index contributed by atoms with van der Waals surface area (Å²) in [7, 11) is 0. The first kappa shape index (κ1) is 25.7. The molecule has 4 aromatic rings. The number of nitrogens with zero attached hydrogens (tertiary/aromatic N) is 4. The Labute approximate surface area is 217 Å². The van der Waals surface area contributed by atoms with Crippen LogP contribution in [0.3, 0.4) is 0 Å². The molecule has 1 aliphatic rings. The van der Waals surface area contributed by atoms with Crippen LogP contribution < -0.4 is 10.6 Å². The molecule has 0 saturated carbocycles. The van der Waals surface area contributed by atoms with Gasteiger partial charge in [-0.2, -0.15) is 18.3 Å². The second kappa shape index (κ2) is 10.8. The molecule has 10 heteroatoms. The van der Waals surface area contributed by atoms with E-state index in [-0.39, 0.29) is 17.8 Å². The van der Waals surface area contributed by atoms with Crippen LogP contribution in [0.5, 0.6) is 0 Å². The van der Waals surface area contributed by atoms with Crippen LogP contribution >= 0.6 is 0 Å². The van der Waals surface area contributed by atoms with E-state index in [1.54, 1.807) is 30.5 Å². The Bertz CT molecular complexity index is 1400. The molecular weight excluding hydrogens is 496 g/mol. The molecule has 2 aromatic heterocycles. The zero-order chi connectivity index (χ0) is 26.7. The van der Waals surface area contributed by atoms with E-state index in [9.17, 15) is 17.6 Å². The number of piperidine rings is 1. The van der Waals surface area contributed by atoms with E-state index >= 15 is 0 Å². The summed E-state index contributed by atoms with van der Waals surface area (Å²) in [5.74, 6) is 0.196. The lowest BCUT2D eigenvalue weighted by Gasteiger charge is -2.22. The van der Waals surface area contributed by atoms with Crippen molar-refractivity contribution < 1.29 is 17.6 Å². The fourth-order valence-electron chi connectivity index (χ4n) is 4.58. The van der Waals surface area contributed by atoms with Crippen molar-refractivity contribution in [2.75, 3.05) is 18.4 Å². The minimum absolute atomic E-state index is 0.191. The Balaban J connectivity index is 1.54. The van der Waals surface area contributed by atoms with Crippen LogP contribution in [-0.4, -0.2) is 33.3 Å². The van der Waals surface area contributed by atoms with Crippen LogP contribution in [0, 0.1) is 5.82 Å². The summed E-state index contributed by atoms with van der Waals surface area (Å²) in [5, 5.41) is 15.4. The zero-order valence-corrected chi connectivity index (χ0v) is 20.6. The number of nitrogens with one attached hydrogen (secondary N) is 2. The van der Waals surface area contributed by atoms with E-state index in [1.165, 1.54) is 18.2 Å². The first-order valence-corrected chi connectivity index (χ1v) is 12.4. The average Bonchev–Trinajstić information content (AvgIpc) is 2.93. The number of alkyl halides is 3. The van der Waals surface area contributed by atoms with Crippen molar-refractivity contribution in [1.82, 2.24) is 25.5 Å². The molecule has 1 saturated heterocycles. The summed E-state index contributed by atoms with van der Waals surface area (Å²) in [4.78, 5) is 8.99. The van der Waals surface area contributed by atoms with Crippen LogP contribution in [0.4, 0.5) is 23.5 Å². The van der Waals surface area contributed by atoms with Gasteiger partial charge in [0, 0.05) is 23.2 Å². The van der Waals surface area contributed by atoms with Crippen molar-refractivity contribution in [2.45, 2.75) is 37.9 Å². The molecule has 0 bridgehead atoms. The largest absolute Gasteiger partial charge is 0.416 e. The molecule has 196 valence electrons. The van der Waals surface area contributed by atoms with Gasteiger partial charge in [-0.1, -0.05) is 24.3 Å². The third-order valence-corrected chi connectivity index (χ3v) is 6.68. The minimum Gasteiger partial charge on any atom is -0.348 e. The number of rotatable bonds is 6. The van der Waals surface area contributed by atoms with Gasteiger partial charge in [0.25, 0.3) is 0 Å². The van der Waals surface area contributed by atoms with Crippen molar-refractivity contribution in [3.05, 3.63) is 89.5 Å². The van der Waals surface area contributed by atoms with Gasteiger partial charge in [-0.15, -0.1) is 5.10 Å². The van der Waals surface area contributed by atoms with E-state index < -0.39 is 11.7 Å². The highest BCUT2D eigenvalue weighted by Crippen LogP contribution is 2.36. The number of halogens is 4. The molecule has 1 unspecified atom stereocenters. The lowest BCUT2D eigenvalue weighted by atomic mass is 9.92. The molecule has 3 heterocycles. The third-order valence-electron chi connectivity index (χ3n) is 6.68. The maximum absolute atomic E-state index is 13.5. The average molecular weight is 523 g/mol. The van der Waals surface area contributed by atoms with Crippen LogP contribution in [-0.2, 0) is 6.18 Å². The highest BCUT2D eigenvalue weighted by molar-refractivity contribution is 5.79. The quantitative estimate of drug-likeness (QED) is 0.286. The SMILES string of the molecule is CC(Nc1nccc(-c2cc(C3CCNCC3)nnc2-c2cccc(C(F)(F)F)c2)n1)c1ccc(F)cc1. The summed E-state index contributed by atoms with van der Waals surface area (Å²) in [6.07, 6.45) is -1.12. The molecule has 1 fully saturated rings. The molecule has 1 aliphatic heterocycles. The summed E-state index contributed by atoms with van der Waals surface area (Å²) in [6.45, 7) is 3.63. The maximum Gasteiger partial charge on any atom is 0.416 e. The van der Waals surface area contributed by atoms with Gasteiger partial charge in [-0.25, -0.2) is 14.4 Å². The van der Waals surface area contributed by atoms with Gasteiger partial charge in [0.05, 0.1) is 23.0 Å². The number of aromatic nitrogens is 4. The van der Waals surface area contributed by atoms with Gasteiger partial charge < -0.3 is 10.6 Å². The van der Waals surface area contributed by atoms with Crippen LogP contribution in [0.1, 0.15) is 48.5 Å². The molecular formula is C28H26F4N6. The van der Waals surface area contributed by atoms with Crippen LogP contribution in [0.2, 0.25) is 0 Å². The number of benzene rings is 2. The predicted molar refractivity (Wildman–Crippen MR) is 137 cm³/mol. The van der Waals surface area contributed by atoms with E-state index in [2.05, 4.69) is 30.8 Å². The van der Waals surface area contributed by atoms with E-state index in [4.69, 9.17) is 0 Å². The Morgan fingerprint density at radius 1 is 0.974 bits per heavy atom. The van der Waals surface area contributed by atoms with Crippen molar-refractivity contribution in [3.63, 3.8) is 0 Å². The van der Waals surface area contributed by atoms with Crippen molar-refractivity contribution in [3.8, 4) is 22.5 Å². The second-order valence-electron chi connectivity index (χ2n) is 9.32. The van der Waals surface area contributed by atoms with Gasteiger partial charge in [0.15, 0.2) is 0 Å². The first-order chi connectivity index (χ1) is 18.3. The van der Waals surface area contributed by atoms with Crippen LogP contribution in [0.15, 0.2) is 66.9 Å². The lowest BCUT2D eigenvalue weighted by Crippen LogP contribution is -2.27. The zero-order valence-electron chi connectivity index (χ0n) is 20.6. The number of hydrogen-bond donors (Lipinski definition) is 2. The summed E-state index contributed by atoms with van der Waals surface area (Å²) in [6, 6.07) is 14.6. The van der Waals surface area contributed by atoms with E-state index in [0.717, 1.165) is 49.3 Å². The van der Waals surface area contributed by atoms with Gasteiger partial charge >= 0.3 is 6.18 Å². The highest BCUT2D eigenvalue weighted by Gasteiger charge is 2.31. The molecule has 1 atom stereocenters.